The number of aliphatic hydroxyl groups excluding tert-OH is 1. The van der Waals surface area contributed by atoms with Gasteiger partial charge in [0, 0.05) is 29.7 Å². The Morgan fingerprint density at radius 1 is 1.42 bits per heavy atom. The molecule has 0 unspecified atom stereocenters. The van der Waals surface area contributed by atoms with E-state index >= 15 is 0 Å². The number of carbonyl (C=O) groups is 1. The van der Waals surface area contributed by atoms with Gasteiger partial charge in [0.1, 0.15) is 0 Å². The Morgan fingerprint density at radius 2 is 2.23 bits per heavy atom. The zero-order chi connectivity index (χ0) is 18.3. The molecule has 1 saturated heterocycles. The summed E-state index contributed by atoms with van der Waals surface area (Å²) in [5, 5.41) is 11.2. The van der Waals surface area contributed by atoms with Gasteiger partial charge in [-0.15, -0.1) is 0 Å². The zero-order valence-corrected chi connectivity index (χ0v) is 15.6. The molecule has 0 aliphatic carbocycles. The molecule has 2 aliphatic rings. The van der Waals surface area contributed by atoms with E-state index in [-0.39, 0.29) is 24.5 Å². The Bertz CT molecular complexity index is 800. The number of fused-ring (bicyclic) bond motifs is 5. The van der Waals surface area contributed by atoms with Gasteiger partial charge in [0.05, 0.1) is 25.7 Å². The molecule has 5 nitrogen and oxygen atoms in total. The van der Waals surface area contributed by atoms with E-state index in [9.17, 15) is 9.90 Å². The number of methoxy groups -OCH3 is 1. The topological polar surface area (TPSA) is 65.6 Å². The highest BCUT2D eigenvalue weighted by Gasteiger charge is 2.44. The third-order valence-electron chi connectivity index (χ3n) is 6.58. The summed E-state index contributed by atoms with van der Waals surface area (Å²) < 4.78 is 4.98. The van der Waals surface area contributed by atoms with Crippen molar-refractivity contribution in [2.45, 2.75) is 32.2 Å². The van der Waals surface area contributed by atoms with Crippen molar-refractivity contribution in [3.63, 3.8) is 0 Å². The number of aromatic nitrogens is 1. The predicted octanol–water partition coefficient (Wildman–Crippen LogP) is 2.89. The third-order valence-corrected chi connectivity index (χ3v) is 6.58. The fourth-order valence-corrected chi connectivity index (χ4v) is 5.20. The first-order chi connectivity index (χ1) is 12.7. The molecular weight excluding hydrogens is 328 g/mol. The second-order valence-electron chi connectivity index (χ2n) is 7.70. The second-order valence-corrected chi connectivity index (χ2v) is 7.70. The maximum Gasteiger partial charge on any atom is 0.311 e. The van der Waals surface area contributed by atoms with Crippen LogP contribution in [0, 0.1) is 17.8 Å². The lowest BCUT2D eigenvalue weighted by molar-refractivity contribution is -0.152. The number of nitrogens with one attached hydrogen (secondary N) is 1. The fourth-order valence-electron chi connectivity index (χ4n) is 5.20. The normalized spacial score (nSPS) is 27.0. The molecule has 2 aliphatic heterocycles. The summed E-state index contributed by atoms with van der Waals surface area (Å²) >= 11 is 0. The van der Waals surface area contributed by atoms with Crippen molar-refractivity contribution in [2.24, 2.45) is 17.8 Å². The van der Waals surface area contributed by atoms with E-state index in [1.54, 1.807) is 0 Å². The molecule has 1 aromatic carbocycles. The van der Waals surface area contributed by atoms with Gasteiger partial charge < -0.3 is 14.8 Å². The first-order valence-corrected chi connectivity index (χ1v) is 9.70. The third kappa shape index (κ3) is 2.74. The number of benzene rings is 1. The van der Waals surface area contributed by atoms with E-state index in [1.807, 2.05) is 0 Å². The summed E-state index contributed by atoms with van der Waals surface area (Å²) in [7, 11) is 1.41. The Labute approximate surface area is 154 Å². The van der Waals surface area contributed by atoms with Crippen molar-refractivity contribution in [1.82, 2.24) is 9.88 Å². The second kappa shape index (κ2) is 7.05. The largest absolute Gasteiger partial charge is 0.469 e. The standard InChI is InChI=1S/C21H28N2O3/c1-3-13-11-23-9-8-15-14-6-4-5-7-18(14)22-20(15)19(23)10-16(13)17(12-24)21(25)26-2/h4-7,13,16-17,19,22,24H,3,8-12H2,1-2H3/t13-,16+,17-,19+/m1/s1. The van der Waals surface area contributed by atoms with Gasteiger partial charge in [-0.1, -0.05) is 31.5 Å². The van der Waals surface area contributed by atoms with Crippen LogP contribution in [0.5, 0.6) is 0 Å². The lowest BCUT2D eigenvalue weighted by atomic mass is 9.71. The van der Waals surface area contributed by atoms with Crippen LogP contribution in [0.3, 0.4) is 0 Å². The van der Waals surface area contributed by atoms with Crippen LogP contribution in [-0.2, 0) is 16.0 Å². The number of carbonyl (C=O) groups excluding carboxylic acids is 1. The van der Waals surface area contributed by atoms with Crippen LogP contribution in [0.25, 0.3) is 10.9 Å². The molecule has 1 aromatic heterocycles. The smallest absolute Gasteiger partial charge is 0.311 e. The highest BCUT2D eigenvalue weighted by atomic mass is 16.5. The van der Waals surface area contributed by atoms with E-state index in [1.165, 1.54) is 29.3 Å². The molecule has 5 heteroatoms. The molecule has 1 fully saturated rings. The highest BCUT2D eigenvalue weighted by molar-refractivity contribution is 5.85. The van der Waals surface area contributed by atoms with Crippen LogP contribution in [-0.4, -0.2) is 47.8 Å². The molecule has 4 rings (SSSR count). The Balaban J connectivity index is 1.70. The van der Waals surface area contributed by atoms with Gasteiger partial charge >= 0.3 is 5.97 Å². The van der Waals surface area contributed by atoms with E-state index in [0.717, 1.165) is 32.4 Å². The number of aromatic amines is 1. The zero-order valence-electron chi connectivity index (χ0n) is 15.6. The molecular formula is C21H28N2O3. The number of esters is 1. The van der Waals surface area contributed by atoms with Crippen molar-refractivity contribution in [1.29, 1.82) is 0 Å². The molecule has 0 spiro atoms. The van der Waals surface area contributed by atoms with Crippen molar-refractivity contribution in [3.05, 3.63) is 35.5 Å². The number of hydrogen-bond acceptors (Lipinski definition) is 4. The van der Waals surface area contributed by atoms with Gasteiger partial charge in [0.15, 0.2) is 0 Å². The van der Waals surface area contributed by atoms with Gasteiger partial charge in [0.2, 0.25) is 0 Å². The summed E-state index contributed by atoms with van der Waals surface area (Å²) in [6.45, 7) is 4.08. The lowest BCUT2D eigenvalue weighted by Crippen LogP contribution is -2.49. The molecule has 26 heavy (non-hydrogen) atoms. The minimum atomic E-state index is -0.429. The number of hydrogen-bond donors (Lipinski definition) is 2. The van der Waals surface area contributed by atoms with Crippen LogP contribution in [0.4, 0.5) is 0 Å². The van der Waals surface area contributed by atoms with Crippen molar-refractivity contribution < 1.29 is 14.6 Å². The minimum absolute atomic E-state index is 0.139. The van der Waals surface area contributed by atoms with Gasteiger partial charge in [-0.3, -0.25) is 9.69 Å². The molecule has 0 bridgehead atoms. The van der Waals surface area contributed by atoms with Crippen LogP contribution in [0.2, 0.25) is 0 Å². The predicted molar refractivity (Wildman–Crippen MR) is 101 cm³/mol. The van der Waals surface area contributed by atoms with Crippen LogP contribution < -0.4 is 0 Å². The quantitative estimate of drug-likeness (QED) is 0.827. The summed E-state index contributed by atoms with van der Waals surface area (Å²) in [6, 6.07) is 8.78. The highest BCUT2D eigenvalue weighted by Crippen LogP contribution is 2.45. The molecule has 2 N–H and O–H groups in total. The summed E-state index contributed by atoms with van der Waals surface area (Å²) in [5.74, 6) is -0.150. The summed E-state index contributed by atoms with van der Waals surface area (Å²) in [6.07, 6.45) is 2.97. The Morgan fingerprint density at radius 3 is 2.96 bits per heavy atom. The molecule has 0 radical (unpaired) electrons. The van der Waals surface area contributed by atoms with E-state index < -0.39 is 5.92 Å². The number of H-pyrrole nitrogens is 1. The minimum Gasteiger partial charge on any atom is -0.469 e. The first-order valence-electron chi connectivity index (χ1n) is 9.70. The van der Waals surface area contributed by atoms with E-state index in [2.05, 4.69) is 41.1 Å². The number of nitrogens with zero attached hydrogens (tertiary/aromatic N) is 1. The van der Waals surface area contributed by atoms with Crippen molar-refractivity contribution >= 4 is 16.9 Å². The average molecular weight is 356 g/mol. The van der Waals surface area contributed by atoms with E-state index in [4.69, 9.17) is 4.74 Å². The maximum absolute atomic E-state index is 12.2. The number of aliphatic hydroxyl groups is 1. The van der Waals surface area contributed by atoms with Gasteiger partial charge in [-0.2, -0.15) is 0 Å². The number of ether oxygens (including phenoxy) is 1. The molecule has 0 amide bonds. The summed E-state index contributed by atoms with van der Waals surface area (Å²) in [5.41, 5.74) is 3.92. The number of para-hydroxylation sites is 1. The van der Waals surface area contributed by atoms with Crippen molar-refractivity contribution in [3.8, 4) is 0 Å². The molecule has 140 valence electrons. The average Bonchev–Trinajstić information content (AvgIpc) is 3.07. The molecule has 0 saturated carbocycles. The van der Waals surface area contributed by atoms with Gasteiger partial charge in [-0.25, -0.2) is 0 Å². The van der Waals surface area contributed by atoms with E-state index in [0.29, 0.717) is 5.92 Å². The molecule has 4 atom stereocenters. The lowest BCUT2D eigenvalue weighted by Gasteiger charge is -2.47. The number of piperidine rings is 1. The maximum atomic E-state index is 12.2. The Kier molecular flexibility index (Phi) is 4.76. The van der Waals surface area contributed by atoms with Gasteiger partial charge in [0.25, 0.3) is 0 Å². The number of rotatable bonds is 4. The van der Waals surface area contributed by atoms with Crippen LogP contribution in [0.1, 0.15) is 37.1 Å². The molecule has 2 aromatic rings. The monoisotopic (exact) mass is 356 g/mol. The van der Waals surface area contributed by atoms with Gasteiger partial charge in [-0.05, 0) is 36.3 Å². The summed E-state index contributed by atoms with van der Waals surface area (Å²) in [4.78, 5) is 18.5. The fraction of sp³-hybridized carbons (Fsp3) is 0.571. The molecule has 3 heterocycles. The first kappa shape index (κ1) is 17.6. The van der Waals surface area contributed by atoms with Crippen LogP contribution in [0.15, 0.2) is 24.3 Å². The SMILES string of the molecule is CC[C@@H]1CN2CCc3c([nH]c4ccccc34)[C@@H]2C[C@@H]1[C@@H](CO)C(=O)OC. The van der Waals surface area contributed by atoms with Crippen molar-refractivity contribution in [2.75, 3.05) is 26.8 Å². The Hall–Kier alpha value is -1.85. The van der Waals surface area contributed by atoms with Crippen LogP contribution >= 0.6 is 0 Å².